The van der Waals surface area contributed by atoms with Gasteiger partial charge in [0.25, 0.3) is 5.91 Å². The number of rotatable bonds is 5. The lowest BCUT2D eigenvalue weighted by molar-refractivity contribution is 0.102. The molecule has 1 fully saturated rings. The van der Waals surface area contributed by atoms with Crippen molar-refractivity contribution in [1.29, 1.82) is 0 Å². The van der Waals surface area contributed by atoms with Gasteiger partial charge in [0.1, 0.15) is 5.75 Å². The van der Waals surface area contributed by atoms with Gasteiger partial charge in [0, 0.05) is 46.0 Å². The Balaban J connectivity index is 1.72. The summed E-state index contributed by atoms with van der Waals surface area (Å²) in [5, 5.41) is 7.05. The first-order chi connectivity index (χ1) is 12.0. The monoisotopic (exact) mass is 343 g/mol. The average molecular weight is 343 g/mol. The molecule has 1 saturated heterocycles. The lowest BCUT2D eigenvalue weighted by Crippen LogP contribution is -2.43. The molecule has 1 aromatic carbocycles. The van der Waals surface area contributed by atoms with Gasteiger partial charge in [-0.05, 0) is 30.8 Å². The van der Waals surface area contributed by atoms with Crippen LogP contribution >= 0.6 is 0 Å². The first-order valence-electron chi connectivity index (χ1n) is 8.44. The van der Waals surface area contributed by atoms with Gasteiger partial charge in [-0.3, -0.25) is 14.4 Å². The number of aromatic nitrogens is 2. The molecule has 0 radical (unpaired) electrons. The lowest BCUT2D eigenvalue weighted by Gasteiger charge is -2.32. The van der Waals surface area contributed by atoms with E-state index < -0.39 is 0 Å². The molecule has 25 heavy (non-hydrogen) atoms. The number of likely N-dealkylation sites (N-methyl/N-ethyl adjacent to an activating group) is 1. The highest BCUT2D eigenvalue weighted by atomic mass is 16.5. The normalized spacial score (nSPS) is 16.0. The number of nitrogens with zero attached hydrogens (tertiary/aromatic N) is 4. The maximum absolute atomic E-state index is 12.4. The van der Waals surface area contributed by atoms with Gasteiger partial charge in [0.2, 0.25) is 0 Å². The second kappa shape index (κ2) is 7.67. The van der Waals surface area contributed by atoms with Crippen LogP contribution in [0, 0.1) is 0 Å². The molecule has 0 unspecified atom stereocenters. The zero-order chi connectivity index (χ0) is 17.8. The maximum Gasteiger partial charge on any atom is 0.276 e. The Morgan fingerprint density at radius 3 is 2.60 bits per heavy atom. The van der Waals surface area contributed by atoms with Crippen molar-refractivity contribution in [2.75, 3.05) is 45.7 Å². The fourth-order valence-electron chi connectivity index (χ4n) is 2.94. The minimum Gasteiger partial charge on any atom is -0.495 e. The van der Waals surface area contributed by atoms with Crippen molar-refractivity contribution < 1.29 is 9.53 Å². The van der Waals surface area contributed by atoms with Gasteiger partial charge >= 0.3 is 0 Å². The molecule has 1 N–H and O–H groups in total. The highest BCUT2D eigenvalue weighted by Crippen LogP contribution is 2.26. The maximum atomic E-state index is 12.4. The van der Waals surface area contributed by atoms with Crippen LogP contribution in [0.3, 0.4) is 0 Å². The van der Waals surface area contributed by atoms with E-state index in [9.17, 15) is 4.79 Å². The molecule has 134 valence electrons. The van der Waals surface area contributed by atoms with Crippen LogP contribution in [0.4, 0.5) is 5.69 Å². The Kier molecular flexibility index (Phi) is 5.35. The first-order valence-corrected chi connectivity index (χ1v) is 8.44. The fourth-order valence-corrected chi connectivity index (χ4v) is 2.94. The van der Waals surface area contributed by atoms with Crippen LogP contribution < -0.4 is 10.1 Å². The lowest BCUT2D eigenvalue weighted by atomic mass is 10.1. The van der Waals surface area contributed by atoms with Crippen LogP contribution in [0.25, 0.3) is 0 Å². The predicted molar refractivity (Wildman–Crippen MR) is 96.9 cm³/mol. The molecule has 7 nitrogen and oxygen atoms in total. The summed E-state index contributed by atoms with van der Waals surface area (Å²) in [6, 6.07) is 7.63. The molecular formula is C18H25N5O2. The van der Waals surface area contributed by atoms with Gasteiger partial charge in [0.05, 0.1) is 12.8 Å². The van der Waals surface area contributed by atoms with Gasteiger partial charge in [-0.25, -0.2) is 0 Å². The van der Waals surface area contributed by atoms with Crippen LogP contribution in [0.5, 0.6) is 5.75 Å². The Labute approximate surface area is 148 Å². The number of carbonyl (C=O) groups is 1. The minimum atomic E-state index is -0.240. The molecule has 1 aromatic heterocycles. The fraction of sp³-hybridized carbons (Fsp3) is 0.444. The number of amides is 1. The van der Waals surface area contributed by atoms with Crippen molar-refractivity contribution in [2.24, 2.45) is 7.05 Å². The summed E-state index contributed by atoms with van der Waals surface area (Å²) in [6.45, 7) is 5.14. The number of piperazine rings is 1. The third-order valence-electron chi connectivity index (χ3n) is 4.46. The second-order valence-corrected chi connectivity index (χ2v) is 6.44. The van der Waals surface area contributed by atoms with Crippen LogP contribution in [-0.2, 0) is 13.6 Å². The van der Waals surface area contributed by atoms with Crippen LogP contribution in [0.15, 0.2) is 30.5 Å². The standard InChI is InChI=1S/C18H25N5O2/c1-21-8-10-23(11-9-21)13-14-4-5-17(25-3)16(12-14)19-18(24)15-6-7-22(2)20-15/h4-7,12H,8-11,13H2,1-3H3,(H,19,24). The number of benzene rings is 1. The Morgan fingerprint density at radius 1 is 1.20 bits per heavy atom. The minimum absolute atomic E-state index is 0.240. The molecule has 0 aliphatic carbocycles. The zero-order valence-corrected chi connectivity index (χ0v) is 15.0. The molecule has 7 heteroatoms. The van der Waals surface area contributed by atoms with Crippen molar-refractivity contribution >= 4 is 11.6 Å². The number of hydrogen-bond acceptors (Lipinski definition) is 5. The van der Waals surface area contributed by atoms with E-state index in [0.717, 1.165) is 38.3 Å². The molecule has 1 aliphatic rings. The number of nitrogens with one attached hydrogen (secondary N) is 1. The van der Waals surface area contributed by atoms with Gasteiger partial charge in [-0.2, -0.15) is 5.10 Å². The summed E-state index contributed by atoms with van der Waals surface area (Å²) in [6.07, 6.45) is 1.75. The molecule has 2 heterocycles. The van der Waals surface area contributed by atoms with Crippen molar-refractivity contribution in [2.45, 2.75) is 6.54 Å². The van der Waals surface area contributed by atoms with Crippen LogP contribution in [-0.4, -0.2) is 65.8 Å². The number of ether oxygens (including phenoxy) is 1. The second-order valence-electron chi connectivity index (χ2n) is 6.44. The number of methoxy groups -OCH3 is 1. The zero-order valence-electron chi connectivity index (χ0n) is 15.0. The van der Waals surface area contributed by atoms with Crippen LogP contribution in [0.2, 0.25) is 0 Å². The van der Waals surface area contributed by atoms with Crippen molar-refractivity contribution in [3.05, 3.63) is 41.7 Å². The predicted octanol–water partition coefficient (Wildman–Crippen LogP) is 1.43. The van der Waals surface area contributed by atoms with E-state index in [-0.39, 0.29) is 5.91 Å². The molecule has 0 saturated carbocycles. The van der Waals surface area contributed by atoms with E-state index in [1.165, 1.54) is 0 Å². The van der Waals surface area contributed by atoms with Crippen LogP contribution in [0.1, 0.15) is 16.1 Å². The Morgan fingerprint density at radius 2 is 1.96 bits per heavy atom. The van der Waals surface area contributed by atoms with Crippen molar-refractivity contribution in [3.63, 3.8) is 0 Å². The van der Waals surface area contributed by atoms with Gasteiger partial charge in [0.15, 0.2) is 5.69 Å². The topological polar surface area (TPSA) is 62.6 Å². The number of anilines is 1. The highest BCUT2D eigenvalue weighted by Gasteiger charge is 2.16. The van der Waals surface area contributed by atoms with E-state index in [0.29, 0.717) is 17.1 Å². The van der Waals surface area contributed by atoms with E-state index in [2.05, 4.69) is 27.3 Å². The Bertz CT molecular complexity index is 735. The molecule has 0 spiro atoms. The first kappa shape index (κ1) is 17.4. The molecule has 0 atom stereocenters. The van der Waals surface area contributed by atoms with E-state index in [4.69, 9.17) is 4.74 Å². The Hall–Kier alpha value is -2.38. The van der Waals surface area contributed by atoms with Crippen molar-refractivity contribution in [3.8, 4) is 5.75 Å². The third-order valence-corrected chi connectivity index (χ3v) is 4.46. The summed E-state index contributed by atoms with van der Waals surface area (Å²) in [5.41, 5.74) is 2.21. The highest BCUT2D eigenvalue weighted by molar-refractivity contribution is 6.03. The smallest absolute Gasteiger partial charge is 0.276 e. The summed E-state index contributed by atoms with van der Waals surface area (Å²) in [7, 11) is 5.54. The molecular weight excluding hydrogens is 318 g/mol. The van der Waals surface area contributed by atoms with Crippen molar-refractivity contribution in [1.82, 2.24) is 19.6 Å². The average Bonchev–Trinajstić information content (AvgIpc) is 3.04. The van der Waals surface area contributed by atoms with Gasteiger partial charge < -0.3 is 15.0 Å². The SMILES string of the molecule is COc1ccc(CN2CCN(C)CC2)cc1NC(=O)c1ccn(C)n1. The summed E-state index contributed by atoms with van der Waals surface area (Å²) in [4.78, 5) is 17.1. The molecule has 3 rings (SSSR count). The van der Waals surface area contributed by atoms with Gasteiger partial charge in [-0.1, -0.05) is 6.07 Å². The molecule has 2 aromatic rings. The molecule has 1 amide bonds. The van der Waals surface area contributed by atoms with Gasteiger partial charge in [-0.15, -0.1) is 0 Å². The summed E-state index contributed by atoms with van der Waals surface area (Å²) < 4.78 is 6.99. The number of aryl methyl sites for hydroxylation is 1. The largest absolute Gasteiger partial charge is 0.495 e. The van der Waals surface area contributed by atoms with E-state index in [1.54, 1.807) is 31.1 Å². The van der Waals surface area contributed by atoms with E-state index in [1.807, 2.05) is 18.2 Å². The van der Waals surface area contributed by atoms with E-state index >= 15 is 0 Å². The third kappa shape index (κ3) is 4.37. The quantitative estimate of drug-likeness (QED) is 0.890. The summed E-state index contributed by atoms with van der Waals surface area (Å²) >= 11 is 0. The number of carbonyl (C=O) groups excluding carboxylic acids is 1. The molecule has 0 bridgehead atoms. The molecule has 1 aliphatic heterocycles. The summed E-state index contributed by atoms with van der Waals surface area (Å²) in [5.74, 6) is 0.405. The number of hydrogen-bond donors (Lipinski definition) is 1.